The summed E-state index contributed by atoms with van der Waals surface area (Å²) in [6, 6.07) is 1.55. The molecule has 1 unspecified atom stereocenters. The van der Waals surface area contributed by atoms with Crippen LogP contribution in [-0.4, -0.2) is 49.6 Å². The minimum Gasteiger partial charge on any atom is -0.378 e. The monoisotopic (exact) mass is 294 g/mol. The van der Waals surface area contributed by atoms with E-state index in [2.05, 4.69) is 20.5 Å². The zero-order valence-electron chi connectivity index (χ0n) is 12.2. The van der Waals surface area contributed by atoms with Gasteiger partial charge < -0.3 is 19.9 Å². The number of nitrogens with one attached hydrogen (secondary N) is 3. The molecule has 2 rings (SSSR count). The molecule has 21 heavy (non-hydrogen) atoms. The van der Waals surface area contributed by atoms with Crippen LogP contribution in [0.25, 0.3) is 0 Å². The molecule has 1 aromatic heterocycles. The number of anilines is 2. The van der Waals surface area contributed by atoms with Gasteiger partial charge in [-0.2, -0.15) is 0 Å². The summed E-state index contributed by atoms with van der Waals surface area (Å²) >= 11 is 0. The van der Waals surface area contributed by atoms with Gasteiger partial charge in [-0.3, -0.25) is 14.9 Å². The molecule has 116 valence electrons. The number of aromatic nitrogens is 1. The molecule has 0 aromatic carbocycles. The number of H-pyrrole nitrogens is 1. The minimum absolute atomic E-state index is 0.311. The van der Waals surface area contributed by atoms with E-state index < -0.39 is 6.04 Å². The third-order valence-corrected chi connectivity index (χ3v) is 3.47. The van der Waals surface area contributed by atoms with Gasteiger partial charge in [-0.1, -0.05) is 13.3 Å². The fourth-order valence-corrected chi connectivity index (χ4v) is 2.37. The molecule has 3 N–H and O–H groups in total. The molecular weight excluding hydrogens is 272 g/mol. The predicted molar refractivity (Wildman–Crippen MR) is 80.4 cm³/mol. The lowest BCUT2D eigenvalue weighted by atomic mass is 10.1. The number of rotatable bonds is 7. The Morgan fingerprint density at radius 1 is 1.52 bits per heavy atom. The van der Waals surface area contributed by atoms with Gasteiger partial charge in [0.2, 0.25) is 12.3 Å². The van der Waals surface area contributed by atoms with E-state index >= 15 is 0 Å². The van der Waals surface area contributed by atoms with E-state index in [0.717, 1.165) is 44.2 Å². The zero-order chi connectivity index (χ0) is 15.1. The van der Waals surface area contributed by atoms with E-state index in [1.807, 2.05) is 19.2 Å². The maximum absolute atomic E-state index is 11.8. The van der Waals surface area contributed by atoms with Crippen molar-refractivity contribution in [3.05, 3.63) is 12.3 Å². The maximum atomic E-state index is 11.8. The van der Waals surface area contributed by atoms with Crippen molar-refractivity contribution in [1.29, 1.82) is 0 Å². The lowest BCUT2D eigenvalue weighted by Crippen LogP contribution is -2.39. The van der Waals surface area contributed by atoms with Crippen LogP contribution in [0.5, 0.6) is 0 Å². The van der Waals surface area contributed by atoms with Crippen LogP contribution in [0.2, 0.25) is 0 Å². The van der Waals surface area contributed by atoms with E-state index in [1.54, 1.807) is 0 Å². The molecule has 0 radical (unpaired) electrons. The highest BCUT2D eigenvalue weighted by Gasteiger charge is 2.18. The predicted octanol–water partition coefficient (Wildman–Crippen LogP) is 0.705. The summed E-state index contributed by atoms with van der Waals surface area (Å²) in [7, 11) is 0. The summed E-state index contributed by atoms with van der Waals surface area (Å²) in [5.41, 5.74) is 1.08. The summed E-state index contributed by atoms with van der Waals surface area (Å²) in [5.74, 6) is 0.463. The molecule has 1 fully saturated rings. The van der Waals surface area contributed by atoms with Crippen LogP contribution in [0.15, 0.2) is 12.3 Å². The van der Waals surface area contributed by atoms with E-state index in [-0.39, 0.29) is 5.91 Å². The van der Waals surface area contributed by atoms with Gasteiger partial charge in [-0.05, 0) is 6.42 Å². The van der Waals surface area contributed by atoms with Crippen molar-refractivity contribution in [2.75, 3.05) is 36.5 Å². The molecule has 7 nitrogen and oxygen atoms in total. The first-order valence-corrected chi connectivity index (χ1v) is 7.26. The molecule has 1 atom stereocenters. The highest BCUT2D eigenvalue weighted by Crippen LogP contribution is 2.21. The Morgan fingerprint density at radius 2 is 2.29 bits per heavy atom. The lowest BCUT2D eigenvalue weighted by Gasteiger charge is -2.27. The Kier molecular flexibility index (Phi) is 5.62. The van der Waals surface area contributed by atoms with Crippen LogP contribution >= 0.6 is 0 Å². The van der Waals surface area contributed by atoms with Crippen LogP contribution in [-0.2, 0) is 14.3 Å². The number of morpholine rings is 1. The third-order valence-electron chi connectivity index (χ3n) is 3.47. The molecule has 1 aliphatic rings. The minimum atomic E-state index is -0.420. The summed E-state index contributed by atoms with van der Waals surface area (Å²) < 4.78 is 5.33. The van der Waals surface area contributed by atoms with Gasteiger partial charge in [0.05, 0.1) is 18.9 Å². The number of hydrogen-bond donors (Lipinski definition) is 3. The first kappa shape index (κ1) is 15.4. The average molecular weight is 294 g/mol. The van der Waals surface area contributed by atoms with E-state index in [4.69, 9.17) is 4.74 Å². The largest absolute Gasteiger partial charge is 0.378 e. The SMILES string of the molecule is CCCC(Nc1cc(N2CCOCC2)c[nH]1)C(=O)NC=O. The van der Waals surface area contributed by atoms with Gasteiger partial charge in [-0.15, -0.1) is 0 Å². The summed E-state index contributed by atoms with van der Waals surface area (Å²) in [5, 5.41) is 5.34. The molecule has 7 heteroatoms. The number of carbonyl (C=O) groups is 2. The molecule has 0 aliphatic carbocycles. The maximum Gasteiger partial charge on any atom is 0.248 e. The fourth-order valence-electron chi connectivity index (χ4n) is 2.37. The first-order chi connectivity index (χ1) is 10.2. The first-order valence-electron chi connectivity index (χ1n) is 7.26. The van der Waals surface area contributed by atoms with Gasteiger partial charge in [0.15, 0.2) is 0 Å². The number of nitrogens with zero attached hydrogens (tertiary/aromatic N) is 1. The van der Waals surface area contributed by atoms with Crippen LogP contribution in [0, 0.1) is 0 Å². The number of carbonyl (C=O) groups excluding carboxylic acids is 2. The summed E-state index contributed by atoms with van der Waals surface area (Å²) in [6.07, 6.45) is 3.83. The second-order valence-electron chi connectivity index (χ2n) is 4.98. The van der Waals surface area contributed by atoms with Crippen LogP contribution in [0.4, 0.5) is 11.5 Å². The van der Waals surface area contributed by atoms with Crippen molar-refractivity contribution < 1.29 is 14.3 Å². The molecule has 1 saturated heterocycles. The normalized spacial score (nSPS) is 16.3. The van der Waals surface area contributed by atoms with Gasteiger partial charge in [0.25, 0.3) is 0 Å². The quantitative estimate of drug-likeness (QED) is 0.645. The number of aromatic amines is 1. The van der Waals surface area contributed by atoms with Crippen molar-refractivity contribution in [2.45, 2.75) is 25.8 Å². The van der Waals surface area contributed by atoms with Crippen molar-refractivity contribution in [2.24, 2.45) is 0 Å². The molecule has 0 saturated carbocycles. The molecular formula is C14H22N4O3. The Balaban J connectivity index is 1.98. The van der Waals surface area contributed by atoms with Crippen molar-refractivity contribution in [3.8, 4) is 0 Å². The molecule has 1 aliphatic heterocycles. The van der Waals surface area contributed by atoms with Gasteiger partial charge in [-0.25, -0.2) is 0 Å². The highest BCUT2D eigenvalue weighted by molar-refractivity contribution is 5.91. The smallest absolute Gasteiger partial charge is 0.248 e. The highest BCUT2D eigenvalue weighted by atomic mass is 16.5. The van der Waals surface area contributed by atoms with Gasteiger partial charge in [0, 0.05) is 25.4 Å². The van der Waals surface area contributed by atoms with E-state index in [9.17, 15) is 9.59 Å². The molecule has 2 amide bonds. The Labute approximate surface area is 124 Å². The van der Waals surface area contributed by atoms with Gasteiger partial charge in [0.1, 0.15) is 11.9 Å². The standard InChI is InChI=1S/C14H22N4O3/c1-2-3-12(14(20)16-10-19)17-13-8-11(9-15-13)18-4-6-21-7-5-18/h8-10,12,15,17H,2-7H2,1H3,(H,16,19,20). The van der Waals surface area contributed by atoms with Crippen molar-refractivity contribution >= 4 is 23.8 Å². The van der Waals surface area contributed by atoms with Crippen molar-refractivity contribution in [1.82, 2.24) is 10.3 Å². The second-order valence-corrected chi connectivity index (χ2v) is 4.98. The van der Waals surface area contributed by atoms with Crippen LogP contribution in [0.1, 0.15) is 19.8 Å². The van der Waals surface area contributed by atoms with Crippen molar-refractivity contribution in [3.63, 3.8) is 0 Å². The van der Waals surface area contributed by atoms with Crippen LogP contribution < -0.4 is 15.5 Å². The zero-order valence-corrected chi connectivity index (χ0v) is 12.2. The topological polar surface area (TPSA) is 86.5 Å². The van der Waals surface area contributed by atoms with E-state index in [1.165, 1.54) is 0 Å². The van der Waals surface area contributed by atoms with E-state index in [0.29, 0.717) is 12.8 Å². The average Bonchev–Trinajstić information content (AvgIpc) is 2.96. The van der Waals surface area contributed by atoms with Gasteiger partial charge >= 0.3 is 0 Å². The Morgan fingerprint density at radius 3 is 2.95 bits per heavy atom. The lowest BCUT2D eigenvalue weighted by molar-refractivity contribution is -0.125. The number of hydrogen-bond acceptors (Lipinski definition) is 5. The van der Waals surface area contributed by atoms with Crippen LogP contribution in [0.3, 0.4) is 0 Å². The summed E-state index contributed by atoms with van der Waals surface area (Å²) in [4.78, 5) is 27.6. The summed E-state index contributed by atoms with van der Waals surface area (Å²) in [6.45, 7) is 5.18. The number of imide groups is 1. The number of ether oxygens (including phenoxy) is 1. The molecule has 0 bridgehead atoms. The Hall–Kier alpha value is -2.02. The molecule has 0 spiro atoms. The molecule has 1 aromatic rings. The number of amides is 2. The Bertz CT molecular complexity index is 469. The molecule has 2 heterocycles. The second kappa shape index (κ2) is 7.68. The fraction of sp³-hybridized carbons (Fsp3) is 0.571. The third kappa shape index (κ3) is 4.22.